The van der Waals surface area contributed by atoms with Crippen molar-refractivity contribution in [3.05, 3.63) is 46.3 Å². The first-order valence-electron chi connectivity index (χ1n) is 8.38. The van der Waals surface area contributed by atoms with Crippen LogP contribution in [0.2, 0.25) is 0 Å². The molecule has 2 N–H and O–H groups in total. The molecule has 1 amide bonds. The van der Waals surface area contributed by atoms with Gasteiger partial charge in [0.1, 0.15) is 5.82 Å². The van der Waals surface area contributed by atoms with E-state index < -0.39 is 0 Å². The zero-order valence-corrected chi connectivity index (χ0v) is 14.8. The number of nitrogens with one attached hydrogen (secondary N) is 2. The topological polar surface area (TPSA) is 57.3 Å². The molecule has 3 rings (SSSR count). The summed E-state index contributed by atoms with van der Waals surface area (Å²) < 4.78 is 0. The smallest absolute Gasteiger partial charge is 0.234 e. The monoisotopic (exact) mass is 344 g/mol. The molecule has 0 aromatic carbocycles. The van der Waals surface area contributed by atoms with E-state index in [0.717, 1.165) is 37.6 Å². The number of hydrogen-bond donors (Lipinski definition) is 2. The van der Waals surface area contributed by atoms with Gasteiger partial charge in [-0.3, -0.25) is 9.69 Å². The Morgan fingerprint density at radius 3 is 3.08 bits per heavy atom. The van der Waals surface area contributed by atoms with E-state index >= 15 is 0 Å². The highest BCUT2D eigenvalue weighted by Gasteiger charge is 2.23. The third-order valence-corrected chi connectivity index (χ3v) is 5.11. The predicted molar refractivity (Wildman–Crippen MR) is 98.2 cm³/mol. The number of thiophene rings is 1. The van der Waals surface area contributed by atoms with Crippen molar-refractivity contribution in [3.63, 3.8) is 0 Å². The van der Waals surface area contributed by atoms with Crippen molar-refractivity contribution in [1.82, 2.24) is 15.2 Å². The van der Waals surface area contributed by atoms with Gasteiger partial charge in [0.25, 0.3) is 0 Å². The minimum absolute atomic E-state index is 0.109. The van der Waals surface area contributed by atoms with Crippen molar-refractivity contribution in [2.75, 3.05) is 31.5 Å². The number of carbonyl (C=O) groups is 1. The van der Waals surface area contributed by atoms with E-state index in [1.165, 1.54) is 4.88 Å². The average molecular weight is 344 g/mol. The lowest BCUT2D eigenvalue weighted by molar-refractivity contribution is -0.122. The van der Waals surface area contributed by atoms with Gasteiger partial charge in [0.05, 0.1) is 13.1 Å². The Balaban J connectivity index is 1.36. The highest BCUT2D eigenvalue weighted by molar-refractivity contribution is 7.09. The van der Waals surface area contributed by atoms with Gasteiger partial charge in [0.2, 0.25) is 5.91 Å². The number of anilines is 1. The van der Waals surface area contributed by atoms with Crippen LogP contribution in [0.25, 0.3) is 0 Å². The molecule has 128 valence electrons. The highest BCUT2D eigenvalue weighted by atomic mass is 32.1. The molecule has 1 fully saturated rings. The van der Waals surface area contributed by atoms with Crippen LogP contribution in [0.15, 0.2) is 35.7 Å². The maximum atomic E-state index is 12.0. The number of carbonyl (C=O) groups excluding carboxylic acids is 1. The van der Waals surface area contributed by atoms with E-state index in [9.17, 15) is 4.79 Å². The van der Waals surface area contributed by atoms with Gasteiger partial charge in [-0.2, -0.15) is 0 Å². The second kappa shape index (κ2) is 8.26. The molecule has 2 aromatic rings. The van der Waals surface area contributed by atoms with E-state index in [-0.39, 0.29) is 5.91 Å². The van der Waals surface area contributed by atoms with Crippen molar-refractivity contribution in [3.8, 4) is 0 Å². The van der Waals surface area contributed by atoms with Crippen molar-refractivity contribution < 1.29 is 4.79 Å². The number of hydrogen-bond acceptors (Lipinski definition) is 5. The minimum atomic E-state index is 0.109. The normalized spacial score (nSPS) is 17.8. The number of nitrogens with zero attached hydrogens (tertiary/aromatic N) is 2. The average Bonchev–Trinajstić information content (AvgIpc) is 3.23. The van der Waals surface area contributed by atoms with Crippen molar-refractivity contribution in [2.24, 2.45) is 5.92 Å². The Labute approximate surface area is 147 Å². The second-order valence-electron chi connectivity index (χ2n) is 6.29. The Hall–Kier alpha value is -1.92. The number of aryl methyl sites for hydroxylation is 1. The van der Waals surface area contributed by atoms with Crippen LogP contribution in [0.1, 0.15) is 17.0 Å². The molecule has 0 radical (unpaired) electrons. The molecule has 1 unspecified atom stereocenters. The molecule has 24 heavy (non-hydrogen) atoms. The molecule has 1 aliphatic rings. The van der Waals surface area contributed by atoms with Crippen molar-refractivity contribution in [1.29, 1.82) is 0 Å². The summed E-state index contributed by atoms with van der Waals surface area (Å²) in [6, 6.07) is 10.1. The zero-order chi connectivity index (χ0) is 16.8. The Morgan fingerprint density at radius 1 is 1.38 bits per heavy atom. The maximum absolute atomic E-state index is 12.0. The van der Waals surface area contributed by atoms with E-state index in [2.05, 4.69) is 20.5 Å². The summed E-state index contributed by atoms with van der Waals surface area (Å²) in [6.07, 6.45) is 1.12. The first-order valence-corrected chi connectivity index (χ1v) is 9.26. The fourth-order valence-corrected chi connectivity index (χ4v) is 3.62. The van der Waals surface area contributed by atoms with E-state index in [1.54, 1.807) is 11.3 Å². The van der Waals surface area contributed by atoms with Gasteiger partial charge in [-0.1, -0.05) is 12.1 Å². The largest absolute Gasteiger partial charge is 0.370 e. The molecule has 3 heterocycles. The lowest BCUT2D eigenvalue weighted by atomic mass is 10.1. The third kappa shape index (κ3) is 5.04. The van der Waals surface area contributed by atoms with Gasteiger partial charge in [0.15, 0.2) is 0 Å². The van der Waals surface area contributed by atoms with E-state index in [0.29, 0.717) is 19.0 Å². The maximum Gasteiger partial charge on any atom is 0.234 e. The van der Waals surface area contributed by atoms with Gasteiger partial charge in [-0.15, -0.1) is 11.3 Å². The summed E-state index contributed by atoms with van der Waals surface area (Å²) in [6.45, 7) is 5.98. The van der Waals surface area contributed by atoms with Crippen LogP contribution < -0.4 is 10.6 Å². The van der Waals surface area contributed by atoms with Gasteiger partial charge in [-0.05, 0) is 49.4 Å². The molecular weight excluding hydrogens is 320 g/mol. The van der Waals surface area contributed by atoms with Crippen LogP contribution in [-0.2, 0) is 11.3 Å². The van der Waals surface area contributed by atoms with Gasteiger partial charge < -0.3 is 10.6 Å². The first kappa shape index (κ1) is 16.9. The number of pyridine rings is 1. The minimum Gasteiger partial charge on any atom is -0.370 e. The van der Waals surface area contributed by atoms with E-state index in [1.807, 2.05) is 42.6 Å². The van der Waals surface area contributed by atoms with Crippen LogP contribution in [0, 0.1) is 12.8 Å². The number of likely N-dealkylation sites (tertiary alicyclic amines) is 1. The molecule has 0 bridgehead atoms. The van der Waals surface area contributed by atoms with Crippen LogP contribution in [0.4, 0.5) is 5.82 Å². The van der Waals surface area contributed by atoms with Crippen LogP contribution in [0.3, 0.4) is 0 Å². The molecule has 0 saturated carbocycles. The van der Waals surface area contributed by atoms with Crippen LogP contribution in [-0.4, -0.2) is 42.0 Å². The lowest BCUT2D eigenvalue weighted by Crippen LogP contribution is -2.36. The Bertz CT molecular complexity index is 659. The van der Waals surface area contributed by atoms with Crippen LogP contribution in [0.5, 0.6) is 0 Å². The third-order valence-electron chi connectivity index (χ3n) is 4.24. The number of amides is 1. The molecule has 2 aromatic heterocycles. The number of rotatable bonds is 7. The number of aromatic nitrogens is 1. The Morgan fingerprint density at radius 2 is 2.29 bits per heavy atom. The highest BCUT2D eigenvalue weighted by Crippen LogP contribution is 2.17. The summed E-state index contributed by atoms with van der Waals surface area (Å²) in [5, 5.41) is 8.43. The molecule has 6 heteroatoms. The second-order valence-corrected chi connectivity index (χ2v) is 7.32. The summed E-state index contributed by atoms with van der Waals surface area (Å²) >= 11 is 1.67. The lowest BCUT2D eigenvalue weighted by Gasteiger charge is -2.16. The molecule has 1 aliphatic heterocycles. The SMILES string of the molecule is Cc1cccc(NCC2CCN(CC(=O)NCc3cccs3)C2)n1. The van der Waals surface area contributed by atoms with Gasteiger partial charge in [-0.25, -0.2) is 4.98 Å². The molecule has 5 nitrogen and oxygen atoms in total. The Kier molecular flexibility index (Phi) is 5.82. The summed E-state index contributed by atoms with van der Waals surface area (Å²) in [4.78, 5) is 19.9. The molecular formula is C18H24N4OS. The van der Waals surface area contributed by atoms with Gasteiger partial charge in [0, 0.05) is 23.7 Å². The van der Waals surface area contributed by atoms with E-state index in [4.69, 9.17) is 0 Å². The van der Waals surface area contributed by atoms with Crippen molar-refractivity contribution in [2.45, 2.75) is 19.9 Å². The first-order chi connectivity index (χ1) is 11.7. The fraction of sp³-hybridized carbons (Fsp3) is 0.444. The summed E-state index contributed by atoms with van der Waals surface area (Å²) in [7, 11) is 0. The van der Waals surface area contributed by atoms with Crippen molar-refractivity contribution >= 4 is 23.1 Å². The van der Waals surface area contributed by atoms with Gasteiger partial charge >= 0.3 is 0 Å². The predicted octanol–water partition coefficient (Wildman–Crippen LogP) is 2.50. The standard InChI is InChI=1S/C18H24N4OS/c1-14-4-2-6-17(21-14)19-10-15-7-8-22(12-15)13-18(23)20-11-16-5-3-9-24-16/h2-6,9,15H,7-8,10-13H2,1H3,(H,19,21)(H,20,23). The molecule has 1 saturated heterocycles. The molecule has 0 spiro atoms. The fourth-order valence-electron chi connectivity index (χ4n) is 2.97. The molecule has 1 atom stereocenters. The zero-order valence-electron chi connectivity index (χ0n) is 14.0. The van der Waals surface area contributed by atoms with Crippen LogP contribution >= 0.6 is 11.3 Å². The quantitative estimate of drug-likeness (QED) is 0.810. The molecule has 0 aliphatic carbocycles. The summed E-state index contributed by atoms with van der Waals surface area (Å²) in [5.74, 6) is 1.61. The summed E-state index contributed by atoms with van der Waals surface area (Å²) in [5.41, 5.74) is 1.02.